The van der Waals surface area contributed by atoms with Crippen LogP contribution in [0.4, 0.5) is 0 Å². The average Bonchev–Trinajstić information content (AvgIpc) is 2.66. The van der Waals surface area contributed by atoms with Crippen LogP contribution in [0.25, 0.3) is 5.70 Å². The number of rotatable bonds is 5. The fourth-order valence-corrected chi connectivity index (χ4v) is 4.43. The first-order chi connectivity index (χ1) is 12.5. The van der Waals surface area contributed by atoms with Crippen LogP contribution in [-0.4, -0.2) is 31.2 Å². The minimum atomic E-state index is -3.88. The molecule has 3 rings (SSSR count). The Labute approximate surface area is 152 Å². The lowest BCUT2D eigenvalue weighted by Crippen LogP contribution is -2.24. The van der Waals surface area contributed by atoms with Crippen molar-refractivity contribution >= 4 is 19.1 Å². The van der Waals surface area contributed by atoms with Gasteiger partial charge in [-0.3, -0.25) is 9.32 Å². The van der Waals surface area contributed by atoms with Crippen molar-refractivity contribution < 1.29 is 23.5 Å². The molecule has 6 nitrogen and oxygen atoms in total. The van der Waals surface area contributed by atoms with Gasteiger partial charge in [0.15, 0.2) is 0 Å². The van der Waals surface area contributed by atoms with Gasteiger partial charge in [0.25, 0.3) is 0 Å². The number of ketones is 1. The number of benzene rings is 2. The van der Waals surface area contributed by atoms with Crippen molar-refractivity contribution in [3.63, 3.8) is 0 Å². The quantitative estimate of drug-likeness (QED) is 0.618. The van der Waals surface area contributed by atoms with Crippen molar-refractivity contribution in [2.45, 2.75) is 6.92 Å². The maximum absolute atomic E-state index is 13.3. The number of nitrogens with one attached hydrogen (secondary N) is 1. The zero-order valence-corrected chi connectivity index (χ0v) is 15.5. The molecule has 1 aliphatic rings. The normalized spacial score (nSPS) is 21.0. The van der Waals surface area contributed by atoms with Crippen LogP contribution in [0.1, 0.15) is 21.5 Å². The van der Waals surface area contributed by atoms with Crippen molar-refractivity contribution in [3.05, 3.63) is 70.5 Å². The Morgan fingerprint density at radius 1 is 1.23 bits per heavy atom. The van der Waals surface area contributed by atoms with Gasteiger partial charge in [-0.2, -0.15) is 0 Å². The summed E-state index contributed by atoms with van der Waals surface area (Å²) in [7, 11) is -2.63. The third kappa shape index (κ3) is 3.31. The van der Waals surface area contributed by atoms with Gasteiger partial charge < -0.3 is 14.9 Å². The molecule has 0 saturated carbocycles. The van der Waals surface area contributed by atoms with Crippen LogP contribution in [0.3, 0.4) is 0 Å². The van der Waals surface area contributed by atoms with E-state index >= 15 is 0 Å². The van der Waals surface area contributed by atoms with Gasteiger partial charge in [0.1, 0.15) is 11.1 Å². The van der Waals surface area contributed by atoms with Crippen LogP contribution < -0.4 is 9.84 Å². The second kappa shape index (κ2) is 7.46. The standard InChI is InChI=1S/C19H20NO5P/c1-13-8-9-16-15(12-13)18(22)19(26(23,24-2)25-16)17(20-10-11-21)14-6-4-3-5-7-14/h3-9,12,20-21H,10-11H2,1-2H3/b19-17+. The van der Waals surface area contributed by atoms with E-state index in [4.69, 9.17) is 9.05 Å². The SMILES string of the molecule is COP1(=O)Oc2ccc(C)cc2C(=O)/C1=C(\NCCO)c1ccccc1. The van der Waals surface area contributed by atoms with Gasteiger partial charge in [0.2, 0.25) is 5.78 Å². The lowest BCUT2D eigenvalue weighted by atomic mass is 10.0. The van der Waals surface area contributed by atoms with Crippen LogP contribution in [-0.2, 0) is 9.09 Å². The first kappa shape index (κ1) is 18.4. The van der Waals surface area contributed by atoms with E-state index in [0.717, 1.165) is 5.56 Å². The Morgan fingerprint density at radius 3 is 2.62 bits per heavy atom. The lowest BCUT2D eigenvalue weighted by molar-refractivity contribution is 0.103. The van der Waals surface area contributed by atoms with E-state index in [1.807, 2.05) is 13.0 Å². The molecule has 0 amide bonds. The molecule has 1 atom stereocenters. The summed E-state index contributed by atoms with van der Waals surface area (Å²) in [6.07, 6.45) is 0. The van der Waals surface area contributed by atoms with Gasteiger partial charge in [0.05, 0.1) is 17.9 Å². The van der Waals surface area contributed by atoms with Crippen molar-refractivity contribution in [1.82, 2.24) is 5.32 Å². The van der Waals surface area contributed by atoms with E-state index in [1.165, 1.54) is 7.11 Å². The Kier molecular flexibility index (Phi) is 5.28. The fourth-order valence-electron chi connectivity index (χ4n) is 2.82. The topological polar surface area (TPSA) is 84.9 Å². The number of Topliss-reactive ketones (excluding diaryl/α,β-unsaturated/α-hetero) is 1. The van der Waals surface area contributed by atoms with Crippen molar-refractivity contribution in [2.75, 3.05) is 20.3 Å². The highest BCUT2D eigenvalue weighted by molar-refractivity contribution is 7.61. The summed E-state index contributed by atoms with van der Waals surface area (Å²) >= 11 is 0. The maximum atomic E-state index is 13.3. The van der Waals surface area contributed by atoms with Gasteiger partial charge in [-0.05, 0) is 24.6 Å². The summed E-state index contributed by atoms with van der Waals surface area (Å²) in [5, 5.41) is 12.1. The number of hydrogen-bond acceptors (Lipinski definition) is 6. The zero-order chi connectivity index (χ0) is 18.7. The maximum Gasteiger partial charge on any atom is 0.416 e. The van der Waals surface area contributed by atoms with E-state index in [0.29, 0.717) is 16.8 Å². The van der Waals surface area contributed by atoms with Gasteiger partial charge in [-0.25, -0.2) is 4.57 Å². The Hall–Kier alpha value is -2.40. The highest BCUT2D eigenvalue weighted by Gasteiger charge is 2.45. The second-order valence-corrected chi connectivity index (χ2v) is 7.83. The third-order valence-corrected chi connectivity index (χ3v) is 5.93. The molecule has 0 bridgehead atoms. The monoisotopic (exact) mass is 373 g/mol. The molecule has 136 valence electrons. The summed E-state index contributed by atoms with van der Waals surface area (Å²) < 4.78 is 24.2. The number of hydrogen-bond donors (Lipinski definition) is 2. The summed E-state index contributed by atoms with van der Waals surface area (Å²) in [5.41, 5.74) is 2.21. The molecule has 1 heterocycles. The van der Waals surface area contributed by atoms with Crippen molar-refractivity contribution in [2.24, 2.45) is 0 Å². The van der Waals surface area contributed by atoms with Crippen LogP contribution in [0, 0.1) is 6.92 Å². The Bertz CT molecular complexity index is 907. The molecule has 0 saturated heterocycles. The third-order valence-electron chi connectivity index (χ3n) is 4.04. The van der Waals surface area contributed by atoms with Crippen LogP contribution in [0.2, 0.25) is 0 Å². The number of fused-ring (bicyclic) bond motifs is 1. The Balaban J connectivity index is 2.27. The summed E-state index contributed by atoms with van der Waals surface area (Å²) in [6, 6.07) is 14.1. The molecular weight excluding hydrogens is 353 g/mol. The molecule has 0 spiro atoms. The predicted molar refractivity (Wildman–Crippen MR) is 99.2 cm³/mol. The summed E-state index contributed by atoms with van der Waals surface area (Å²) in [5.74, 6) is -0.173. The van der Waals surface area contributed by atoms with Crippen molar-refractivity contribution in [1.29, 1.82) is 0 Å². The number of allylic oxidation sites excluding steroid dienone is 1. The number of aryl methyl sites for hydroxylation is 1. The summed E-state index contributed by atoms with van der Waals surface area (Å²) in [6.45, 7) is 1.90. The molecule has 2 aromatic carbocycles. The first-order valence-electron chi connectivity index (χ1n) is 8.16. The molecule has 2 N–H and O–H groups in total. The minimum absolute atomic E-state index is 0.0576. The summed E-state index contributed by atoms with van der Waals surface area (Å²) in [4.78, 5) is 13.2. The number of aliphatic hydroxyl groups excluding tert-OH is 1. The van der Waals surface area contributed by atoms with Gasteiger partial charge in [-0.15, -0.1) is 0 Å². The molecule has 2 aromatic rings. The zero-order valence-electron chi connectivity index (χ0n) is 14.6. The molecule has 1 aliphatic heterocycles. The molecule has 7 heteroatoms. The number of carbonyl (C=O) groups is 1. The molecule has 26 heavy (non-hydrogen) atoms. The van der Waals surface area contributed by atoms with Gasteiger partial charge in [0, 0.05) is 13.7 Å². The van der Waals surface area contributed by atoms with Gasteiger partial charge >= 0.3 is 7.60 Å². The lowest BCUT2D eigenvalue weighted by Gasteiger charge is -2.28. The predicted octanol–water partition coefficient (Wildman–Crippen LogP) is 3.36. The van der Waals surface area contributed by atoms with E-state index < -0.39 is 13.4 Å². The van der Waals surface area contributed by atoms with Crippen LogP contribution in [0.5, 0.6) is 5.75 Å². The van der Waals surface area contributed by atoms with Crippen molar-refractivity contribution in [3.8, 4) is 5.75 Å². The highest BCUT2D eigenvalue weighted by Crippen LogP contribution is 2.61. The van der Waals surface area contributed by atoms with E-state index in [2.05, 4.69) is 5.32 Å². The van der Waals surface area contributed by atoms with E-state index in [1.54, 1.807) is 42.5 Å². The average molecular weight is 373 g/mol. The smallest absolute Gasteiger partial charge is 0.416 e. The molecule has 1 unspecified atom stereocenters. The van der Waals surface area contributed by atoms with Crippen LogP contribution >= 0.6 is 7.60 Å². The number of aliphatic hydroxyl groups is 1. The van der Waals surface area contributed by atoms with E-state index in [9.17, 15) is 14.5 Å². The number of carbonyl (C=O) groups excluding carboxylic acids is 1. The minimum Gasteiger partial charge on any atom is -0.420 e. The van der Waals surface area contributed by atoms with Gasteiger partial charge in [-0.1, -0.05) is 42.0 Å². The second-order valence-electron chi connectivity index (χ2n) is 5.84. The fraction of sp³-hybridized carbons (Fsp3) is 0.211. The molecule has 0 aliphatic carbocycles. The molecule has 0 fully saturated rings. The highest BCUT2D eigenvalue weighted by atomic mass is 31.2. The molecular formula is C19H20NO5P. The van der Waals surface area contributed by atoms with Crippen LogP contribution in [0.15, 0.2) is 53.8 Å². The Morgan fingerprint density at radius 2 is 1.96 bits per heavy atom. The first-order valence-corrected chi connectivity index (χ1v) is 9.70. The van der Waals surface area contributed by atoms with E-state index in [-0.39, 0.29) is 24.2 Å². The molecule has 0 radical (unpaired) electrons. The molecule has 0 aromatic heterocycles. The largest absolute Gasteiger partial charge is 0.420 e.